The van der Waals surface area contributed by atoms with E-state index < -0.39 is 5.54 Å². The molecule has 4 rings (SSSR count). The zero-order chi connectivity index (χ0) is 22.0. The van der Waals surface area contributed by atoms with Crippen LogP contribution in [0.3, 0.4) is 0 Å². The standard InChI is InChI=1S/C21H24N6O3S/c1-21(13-22,14-8-9-14)23-17(28)12-31-20-25-24-19-26(10-5-11-30-2)18(29)15-6-3-4-7-16(15)27(19)20/h3-4,6-7,14H,5,8-12H2,1-2H3,(H,23,28). The van der Waals surface area contributed by atoms with Crippen molar-refractivity contribution in [2.24, 2.45) is 5.92 Å². The van der Waals surface area contributed by atoms with Gasteiger partial charge in [-0.3, -0.25) is 18.6 Å². The van der Waals surface area contributed by atoms with E-state index in [2.05, 4.69) is 21.6 Å². The second kappa shape index (κ2) is 8.69. The van der Waals surface area contributed by atoms with Crippen LogP contribution in [0, 0.1) is 17.2 Å². The van der Waals surface area contributed by atoms with Crippen molar-refractivity contribution in [3.05, 3.63) is 34.6 Å². The van der Waals surface area contributed by atoms with E-state index in [4.69, 9.17) is 4.74 Å². The number of aromatic nitrogens is 4. The molecule has 162 valence electrons. The molecule has 9 nitrogen and oxygen atoms in total. The Labute approximate surface area is 183 Å². The molecule has 1 saturated carbocycles. The summed E-state index contributed by atoms with van der Waals surface area (Å²) in [7, 11) is 1.62. The molecule has 0 spiro atoms. The molecule has 0 aliphatic heterocycles. The Bertz CT molecular complexity index is 1230. The summed E-state index contributed by atoms with van der Waals surface area (Å²) in [5, 5.41) is 21.9. The SMILES string of the molecule is COCCCn1c(=O)c2ccccc2n2c(SCC(=O)NC(C)(C#N)C3CC3)nnc12. The molecule has 3 aromatic rings. The average Bonchev–Trinajstić information content (AvgIpc) is 3.55. The van der Waals surface area contributed by atoms with Gasteiger partial charge in [0, 0.05) is 20.3 Å². The summed E-state index contributed by atoms with van der Waals surface area (Å²) < 4.78 is 8.52. The van der Waals surface area contributed by atoms with E-state index in [1.807, 2.05) is 22.6 Å². The summed E-state index contributed by atoms with van der Waals surface area (Å²) in [6.45, 7) is 2.75. The van der Waals surface area contributed by atoms with Crippen molar-refractivity contribution < 1.29 is 9.53 Å². The van der Waals surface area contributed by atoms with Gasteiger partial charge in [-0.15, -0.1) is 10.2 Å². The lowest BCUT2D eigenvalue weighted by Crippen LogP contribution is -2.47. The molecule has 1 aliphatic rings. The molecule has 31 heavy (non-hydrogen) atoms. The first-order valence-corrected chi connectivity index (χ1v) is 11.2. The van der Waals surface area contributed by atoms with Gasteiger partial charge < -0.3 is 10.1 Å². The summed E-state index contributed by atoms with van der Waals surface area (Å²) in [6.07, 6.45) is 2.58. The van der Waals surface area contributed by atoms with E-state index in [-0.39, 0.29) is 23.1 Å². The minimum Gasteiger partial charge on any atom is -0.385 e. The van der Waals surface area contributed by atoms with E-state index in [9.17, 15) is 14.9 Å². The third-order valence-electron chi connectivity index (χ3n) is 5.57. The van der Waals surface area contributed by atoms with E-state index in [0.29, 0.717) is 41.4 Å². The largest absolute Gasteiger partial charge is 0.385 e. The van der Waals surface area contributed by atoms with Gasteiger partial charge in [-0.25, -0.2) is 0 Å². The number of aryl methyl sites for hydroxylation is 1. The molecule has 1 aromatic carbocycles. The molecule has 1 amide bonds. The van der Waals surface area contributed by atoms with Crippen LogP contribution in [0.5, 0.6) is 0 Å². The van der Waals surface area contributed by atoms with Crippen LogP contribution in [-0.4, -0.2) is 50.1 Å². The number of nitrogens with zero attached hydrogens (tertiary/aromatic N) is 5. The number of carbonyl (C=O) groups excluding carboxylic acids is 1. The zero-order valence-corrected chi connectivity index (χ0v) is 18.3. The summed E-state index contributed by atoms with van der Waals surface area (Å²) in [4.78, 5) is 25.5. The molecule has 0 bridgehead atoms. The second-order valence-electron chi connectivity index (χ2n) is 7.86. The number of fused-ring (bicyclic) bond motifs is 3. The Hall–Kier alpha value is -2.90. The number of thioether (sulfide) groups is 1. The maximum Gasteiger partial charge on any atom is 0.262 e. The van der Waals surface area contributed by atoms with Gasteiger partial charge in [0.25, 0.3) is 5.56 Å². The van der Waals surface area contributed by atoms with Crippen LogP contribution < -0.4 is 10.9 Å². The molecular formula is C21H24N6O3S. The average molecular weight is 441 g/mol. The van der Waals surface area contributed by atoms with Gasteiger partial charge in [-0.1, -0.05) is 23.9 Å². The van der Waals surface area contributed by atoms with Gasteiger partial charge in [-0.2, -0.15) is 5.26 Å². The van der Waals surface area contributed by atoms with Crippen LogP contribution in [-0.2, 0) is 16.1 Å². The van der Waals surface area contributed by atoms with E-state index in [0.717, 1.165) is 12.8 Å². The lowest BCUT2D eigenvalue weighted by atomic mass is 9.98. The van der Waals surface area contributed by atoms with Crippen molar-refractivity contribution in [3.63, 3.8) is 0 Å². The van der Waals surface area contributed by atoms with Crippen LogP contribution in [0.4, 0.5) is 0 Å². The fraction of sp³-hybridized carbons (Fsp3) is 0.476. The molecule has 0 saturated heterocycles. The van der Waals surface area contributed by atoms with Crippen LogP contribution in [0.1, 0.15) is 26.2 Å². The van der Waals surface area contributed by atoms with Crippen molar-refractivity contribution in [3.8, 4) is 6.07 Å². The number of ether oxygens (including phenoxy) is 1. The summed E-state index contributed by atoms with van der Waals surface area (Å²) >= 11 is 1.23. The summed E-state index contributed by atoms with van der Waals surface area (Å²) in [5.74, 6) is 0.519. The third kappa shape index (κ3) is 4.16. The van der Waals surface area contributed by atoms with Crippen molar-refractivity contribution in [2.75, 3.05) is 19.5 Å². The highest BCUT2D eigenvalue weighted by Gasteiger charge is 2.43. The number of hydrogen-bond acceptors (Lipinski definition) is 7. The summed E-state index contributed by atoms with van der Waals surface area (Å²) in [5.41, 5.74) is -0.271. The number of amides is 1. The highest BCUT2D eigenvalue weighted by atomic mass is 32.2. The first kappa shape index (κ1) is 21.3. The first-order valence-electron chi connectivity index (χ1n) is 10.2. The monoisotopic (exact) mass is 440 g/mol. The van der Waals surface area contributed by atoms with Gasteiger partial charge in [-0.05, 0) is 44.2 Å². The lowest BCUT2D eigenvalue weighted by molar-refractivity contribution is -0.119. The second-order valence-corrected chi connectivity index (χ2v) is 8.81. The van der Waals surface area contributed by atoms with Crippen molar-refractivity contribution in [1.82, 2.24) is 24.5 Å². The van der Waals surface area contributed by atoms with Crippen molar-refractivity contribution in [1.29, 1.82) is 5.26 Å². The fourth-order valence-corrected chi connectivity index (χ4v) is 4.47. The lowest BCUT2D eigenvalue weighted by Gasteiger charge is -2.22. The Morgan fingerprint density at radius 3 is 2.87 bits per heavy atom. The third-order valence-corrected chi connectivity index (χ3v) is 6.49. The molecule has 1 aliphatic carbocycles. The minimum absolute atomic E-state index is 0.0991. The Kier molecular flexibility index (Phi) is 5.98. The molecule has 0 radical (unpaired) electrons. The number of nitrogens with one attached hydrogen (secondary N) is 1. The molecule has 1 N–H and O–H groups in total. The quantitative estimate of drug-likeness (QED) is 0.400. The van der Waals surface area contributed by atoms with E-state index in [1.54, 1.807) is 24.7 Å². The van der Waals surface area contributed by atoms with Gasteiger partial charge in [0.15, 0.2) is 5.16 Å². The summed E-state index contributed by atoms with van der Waals surface area (Å²) in [6, 6.07) is 9.53. The Morgan fingerprint density at radius 2 is 2.16 bits per heavy atom. The topological polar surface area (TPSA) is 114 Å². The van der Waals surface area contributed by atoms with Crippen LogP contribution in [0.25, 0.3) is 16.7 Å². The normalized spacial score (nSPS) is 15.6. The molecule has 1 fully saturated rings. The van der Waals surface area contributed by atoms with Crippen molar-refractivity contribution >= 4 is 34.3 Å². The predicted molar refractivity (Wildman–Crippen MR) is 117 cm³/mol. The highest BCUT2D eigenvalue weighted by Crippen LogP contribution is 2.39. The fourth-order valence-electron chi connectivity index (χ4n) is 3.73. The first-order chi connectivity index (χ1) is 15.0. The molecule has 1 atom stereocenters. The van der Waals surface area contributed by atoms with Gasteiger partial charge in [0.05, 0.1) is 22.7 Å². The van der Waals surface area contributed by atoms with E-state index in [1.165, 1.54) is 11.8 Å². The Balaban J connectivity index is 1.64. The highest BCUT2D eigenvalue weighted by molar-refractivity contribution is 7.99. The molecule has 2 aromatic heterocycles. The maximum atomic E-state index is 13.0. The number of hydrogen-bond donors (Lipinski definition) is 1. The Morgan fingerprint density at radius 1 is 1.39 bits per heavy atom. The molecule has 2 heterocycles. The number of para-hydroxylation sites is 1. The predicted octanol–water partition coefficient (Wildman–Crippen LogP) is 1.98. The van der Waals surface area contributed by atoms with Gasteiger partial charge >= 0.3 is 0 Å². The van der Waals surface area contributed by atoms with Crippen LogP contribution in [0.2, 0.25) is 0 Å². The van der Waals surface area contributed by atoms with Gasteiger partial charge in [0.2, 0.25) is 11.7 Å². The van der Waals surface area contributed by atoms with Crippen LogP contribution in [0.15, 0.2) is 34.2 Å². The number of methoxy groups -OCH3 is 1. The minimum atomic E-state index is -0.834. The molecular weight excluding hydrogens is 416 g/mol. The smallest absolute Gasteiger partial charge is 0.262 e. The van der Waals surface area contributed by atoms with Crippen LogP contribution >= 0.6 is 11.8 Å². The van der Waals surface area contributed by atoms with Crippen molar-refractivity contribution in [2.45, 2.75) is 43.4 Å². The number of benzene rings is 1. The number of carbonyl (C=O) groups is 1. The molecule has 1 unspecified atom stereocenters. The van der Waals surface area contributed by atoms with Gasteiger partial charge in [0.1, 0.15) is 5.54 Å². The zero-order valence-electron chi connectivity index (χ0n) is 17.5. The molecule has 10 heteroatoms. The number of rotatable bonds is 9. The maximum absolute atomic E-state index is 13.0. The van der Waals surface area contributed by atoms with E-state index >= 15 is 0 Å². The number of nitriles is 1.